The van der Waals surface area contributed by atoms with E-state index in [-0.39, 0.29) is 24.0 Å². The van der Waals surface area contributed by atoms with E-state index in [1.807, 2.05) is 6.92 Å². The largest absolute Gasteiger partial charge is 0.409 e. The zero-order valence-electron chi connectivity index (χ0n) is 17.2. The number of alkyl halides is 3. The van der Waals surface area contributed by atoms with E-state index in [4.69, 9.17) is 0 Å². The summed E-state index contributed by atoms with van der Waals surface area (Å²) in [5, 5.41) is 10.6. The first-order valence-electron chi connectivity index (χ1n) is 9.11. The fourth-order valence-corrected chi connectivity index (χ4v) is 2.31. The third-order valence-corrected chi connectivity index (χ3v) is 3.62. The molecule has 0 saturated carbocycles. The molecule has 1 rings (SSSR count). The van der Waals surface area contributed by atoms with Gasteiger partial charge in [0, 0.05) is 45.2 Å². The maximum Gasteiger partial charge on any atom is 0.409 e. The predicted octanol–water partition coefficient (Wildman–Crippen LogP) is 1.98. The van der Waals surface area contributed by atoms with Crippen molar-refractivity contribution >= 4 is 30.0 Å². The van der Waals surface area contributed by atoms with Crippen LogP contribution in [0, 0.1) is 0 Å². The summed E-state index contributed by atoms with van der Waals surface area (Å²) in [6.45, 7) is 3.46. The van der Waals surface area contributed by atoms with Crippen molar-refractivity contribution in [1.82, 2.24) is 15.6 Å². The number of hydrogen-bond donors (Lipinski definition) is 2. The Morgan fingerprint density at radius 2 is 2.03 bits per heavy atom. The summed E-state index contributed by atoms with van der Waals surface area (Å²) in [7, 11) is 2.90. The van der Waals surface area contributed by atoms with E-state index in [1.165, 1.54) is 37.5 Å². The van der Waals surface area contributed by atoms with Crippen LogP contribution in [0.3, 0.4) is 0 Å². The van der Waals surface area contributed by atoms with Gasteiger partial charge in [-0.05, 0) is 18.9 Å². The van der Waals surface area contributed by atoms with Crippen molar-refractivity contribution in [1.29, 1.82) is 0 Å². The van der Waals surface area contributed by atoms with Gasteiger partial charge < -0.3 is 10.6 Å². The number of aliphatic imine (C=N–C) groups is 2. The van der Waals surface area contributed by atoms with Gasteiger partial charge in [-0.3, -0.25) is 19.6 Å². The molecule has 11 heteroatoms. The third kappa shape index (κ3) is 8.02. The summed E-state index contributed by atoms with van der Waals surface area (Å²) >= 11 is 0. The summed E-state index contributed by atoms with van der Waals surface area (Å²) in [5.74, 6) is -1.02. The van der Waals surface area contributed by atoms with Crippen LogP contribution >= 0.6 is 0 Å². The Kier molecular flexibility index (Phi) is 9.66. The molecule has 164 valence electrons. The molecule has 0 fully saturated rings. The SMILES string of the molecule is CC/C=N\N1C(C(=O)NC/C(C=NC)=C/C=C/C(F)(F)F)=CC(C(=O)NC)=NC1C. The average molecular weight is 426 g/mol. The Hall–Kier alpha value is -3.24. The molecule has 0 aromatic heterocycles. The number of hydrogen-bond acceptors (Lipinski definition) is 6. The van der Waals surface area contributed by atoms with Gasteiger partial charge in [0.05, 0.1) is 0 Å². The van der Waals surface area contributed by atoms with Crippen molar-refractivity contribution in [3.05, 3.63) is 35.6 Å². The fourth-order valence-electron chi connectivity index (χ4n) is 2.31. The number of amides is 2. The van der Waals surface area contributed by atoms with Crippen LogP contribution in [0.4, 0.5) is 13.2 Å². The standard InChI is InChI=1S/C19H25F3N6O2/c1-5-9-26-28-13(2)27-15(17(29)24-4)10-16(28)18(30)25-12-14(11-23-3)7-6-8-19(20,21)22/h6-11,13H,5,12H2,1-4H3,(H,24,29)(H,25,30)/b8-6+,14-7+,23-11?,26-9-. The van der Waals surface area contributed by atoms with Crippen molar-refractivity contribution in [2.75, 3.05) is 20.6 Å². The van der Waals surface area contributed by atoms with Gasteiger partial charge in [0.1, 0.15) is 17.6 Å². The molecule has 30 heavy (non-hydrogen) atoms. The lowest BCUT2D eigenvalue weighted by Gasteiger charge is -2.29. The van der Waals surface area contributed by atoms with Gasteiger partial charge in [-0.25, -0.2) is 5.01 Å². The first-order valence-corrected chi connectivity index (χ1v) is 9.11. The number of nitrogens with one attached hydrogen (secondary N) is 2. The van der Waals surface area contributed by atoms with Crippen LogP contribution in [-0.4, -0.2) is 67.9 Å². The molecule has 0 bridgehead atoms. The highest BCUT2D eigenvalue weighted by Crippen LogP contribution is 2.18. The van der Waals surface area contributed by atoms with Crippen LogP contribution in [0.25, 0.3) is 0 Å². The molecule has 0 spiro atoms. The van der Waals surface area contributed by atoms with Crippen LogP contribution < -0.4 is 10.6 Å². The highest BCUT2D eigenvalue weighted by molar-refractivity contribution is 6.44. The number of nitrogens with zero attached hydrogens (tertiary/aromatic N) is 4. The molecule has 8 nitrogen and oxygen atoms in total. The van der Waals surface area contributed by atoms with E-state index in [9.17, 15) is 22.8 Å². The van der Waals surface area contributed by atoms with E-state index in [0.29, 0.717) is 12.0 Å². The van der Waals surface area contributed by atoms with Gasteiger partial charge in [0.2, 0.25) is 0 Å². The van der Waals surface area contributed by atoms with Crippen LogP contribution in [0.5, 0.6) is 0 Å². The molecule has 1 heterocycles. The first kappa shape index (κ1) is 24.8. The van der Waals surface area contributed by atoms with Crippen LogP contribution in [-0.2, 0) is 9.59 Å². The molecule has 2 N–H and O–H groups in total. The molecule has 1 unspecified atom stereocenters. The molecule has 0 saturated heterocycles. The summed E-state index contributed by atoms with van der Waals surface area (Å²) in [5.41, 5.74) is 0.496. The Balaban J connectivity index is 3.07. The third-order valence-electron chi connectivity index (χ3n) is 3.62. The number of carbonyl (C=O) groups is 2. The molecule has 0 aromatic rings. The lowest BCUT2D eigenvalue weighted by molar-refractivity contribution is -0.119. The molecule has 2 amide bonds. The summed E-state index contributed by atoms with van der Waals surface area (Å²) < 4.78 is 36.8. The molecule has 1 aliphatic rings. The smallest absolute Gasteiger partial charge is 0.354 e. The molecule has 0 aromatic carbocycles. The van der Waals surface area contributed by atoms with Crippen molar-refractivity contribution in [2.45, 2.75) is 32.6 Å². The predicted molar refractivity (Wildman–Crippen MR) is 110 cm³/mol. The zero-order chi connectivity index (χ0) is 22.7. The van der Waals surface area contributed by atoms with Crippen molar-refractivity contribution in [3.63, 3.8) is 0 Å². The van der Waals surface area contributed by atoms with E-state index in [1.54, 1.807) is 13.1 Å². The number of carbonyl (C=O) groups excluding carboxylic acids is 2. The molecule has 0 radical (unpaired) electrons. The van der Waals surface area contributed by atoms with Gasteiger partial charge in [0.15, 0.2) is 0 Å². The van der Waals surface area contributed by atoms with E-state index < -0.39 is 24.2 Å². The van der Waals surface area contributed by atoms with Gasteiger partial charge in [0.25, 0.3) is 11.8 Å². The fraction of sp³-hybridized carbons (Fsp3) is 0.421. The Labute approximate surface area is 173 Å². The van der Waals surface area contributed by atoms with Gasteiger partial charge in [-0.1, -0.05) is 19.1 Å². The Morgan fingerprint density at radius 1 is 1.33 bits per heavy atom. The minimum Gasteiger partial charge on any atom is -0.354 e. The summed E-state index contributed by atoms with van der Waals surface area (Å²) in [6.07, 6.45) is 1.92. The molecule has 1 aliphatic heterocycles. The summed E-state index contributed by atoms with van der Waals surface area (Å²) in [4.78, 5) is 32.7. The van der Waals surface area contributed by atoms with Crippen LogP contribution in [0.15, 0.2) is 50.7 Å². The average Bonchev–Trinajstić information content (AvgIpc) is 2.68. The second-order valence-corrected chi connectivity index (χ2v) is 6.02. The number of allylic oxidation sites excluding steroid dienone is 3. The number of rotatable bonds is 8. The second-order valence-electron chi connectivity index (χ2n) is 6.02. The minimum atomic E-state index is -4.44. The molecular formula is C19H25F3N6O2. The normalized spacial score (nSPS) is 18.2. The van der Waals surface area contributed by atoms with Crippen molar-refractivity contribution in [3.8, 4) is 0 Å². The monoisotopic (exact) mass is 426 g/mol. The summed E-state index contributed by atoms with van der Waals surface area (Å²) in [6, 6.07) is 0. The number of hydrazone groups is 1. The maximum absolute atomic E-state index is 12.8. The quantitative estimate of drug-likeness (QED) is 0.459. The van der Waals surface area contributed by atoms with Gasteiger partial charge in [-0.2, -0.15) is 18.3 Å². The highest BCUT2D eigenvalue weighted by Gasteiger charge is 2.28. The Morgan fingerprint density at radius 3 is 2.60 bits per heavy atom. The highest BCUT2D eigenvalue weighted by atomic mass is 19.4. The Bertz CT molecular complexity index is 810. The van der Waals surface area contributed by atoms with E-state index >= 15 is 0 Å². The topological polar surface area (TPSA) is 98.5 Å². The second kappa shape index (κ2) is 11.7. The van der Waals surface area contributed by atoms with E-state index in [2.05, 4.69) is 25.7 Å². The van der Waals surface area contributed by atoms with Crippen molar-refractivity contribution in [2.24, 2.45) is 15.1 Å². The van der Waals surface area contributed by atoms with Crippen molar-refractivity contribution < 1.29 is 22.8 Å². The van der Waals surface area contributed by atoms with Gasteiger partial charge >= 0.3 is 6.18 Å². The molecule has 1 atom stereocenters. The molecular weight excluding hydrogens is 401 g/mol. The van der Waals surface area contributed by atoms with Crippen LogP contribution in [0.2, 0.25) is 0 Å². The van der Waals surface area contributed by atoms with Gasteiger partial charge in [-0.15, -0.1) is 0 Å². The molecule has 0 aliphatic carbocycles. The van der Waals surface area contributed by atoms with Crippen LogP contribution in [0.1, 0.15) is 20.3 Å². The maximum atomic E-state index is 12.8. The minimum absolute atomic E-state index is 0.0668. The number of halogens is 3. The zero-order valence-corrected chi connectivity index (χ0v) is 17.2. The first-order chi connectivity index (χ1) is 14.1. The lowest BCUT2D eigenvalue weighted by atomic mass is 10.2. The lowest BCUT2D eigenvalue weighted by Crippen LogP contribution is -2.42. The van der Waals surface area contributed by atoms with E-state index in [0.717, 1.165) is 6.08 Å².